The lowest BCUT2D eigenvalue weighted by atomic mass is 10.1. The van der Waals surface area contributed by atoms with Crippen LogP contribution in [0.5, 0.6) is 0 Å². The number of urea groups is 2. The predicted octanol–water partition coefficient (Wildman–Crippen LogP) is 4.09. The predicted molar refractivity (Wildman–Crippen MR) is 138 cm³/mol. The van der Waals surface area contributed by atoms with Gasteiger partial charge in [-0.25, -0.2) is 9.59 Å². The number of aliphatic carboxylic acids is 1. The number of amides is 5. The van der Waals surface area contributed by atoms with Crippen molar-refractivity contribution in [1.29, 1.82) is 0 Å². The van der Waals surface area contributed by atoms with Gasteiger partial charge in [0.15, 0.2) is 0 Å². The van der Waals surface area contributed by atoms with Gasteiger partial charge in [0.05, 0.1) is 11.6 Å². The third kappa shape index (κ3) is 7.03. The topological polar surface area (TPSA) is 176 Å². The number of carboxylic acids is 1. The molecule has 3 rings (SSSR count). The molecule has 5 amide bonds. The second-order valence-corrected chi connectivity index (χ2v) is 8.80. The number of hydrogen-bond donors (Lipinski definition) is 6. The molecule has 7 N–H and O–H groups in total. The standard InChI is InChI=1S/C24H26N6O5S/c1-13-3-7-16(8-4-13)27-24(35)28-17-9-5-15(6-10-17)19-18(20(25)31)21(36-30-19)29-23(34)26-12-11-14(2)22(32)33/h3-10,14H,11-12H2,1-2H3,(H2,25,31)(H,32,33)(H2,26,29,34)(H2,27,28,35). The second kappa shape index (κ2) is 11.8. The molecule has 0 bridgehead atoms. The zero-order chi connectivity index (χ0) is 26.2. The van der Waals surface area contributed by atoms with E-state index in [1.54, 1.807) is 43.3 Å². The van der Waals surface area contributed by atoms with Crippen LogP contribution in [0.4, 0.5) is 26.0 Å². The molecule has 0 spiro atoms. The highest BCUT2D eigenvalue weighted by Crippen LogP contribution is 2.32. The van der Waals surface area contributed by atoms with Gasteiger partial charge in [-0.1, -0.05) is 36.8 Å². The van der Waals surface area contributed by atoms with Crippen molar-refractivity contribution in [3.8, 4) is 11.3 Å². The van der Waals surface area contributed by atoms with E-state index >= 15 is 0 Å². The number of hydrogen-bond acceptors (Lipinski definition) is 6. The van der Waals surface area contributed by atoms with Crippen LogP contribution in [0.25, 0.3) is 11.3 Å². The Hall–Kier alpha value is -4.45. The number of anilines is 3. The average molecular weight is 511 g/mol. The van der Waals surface area contributed by atoms with Crippen molar-refractivity contribution in [3.05, 3.63) is 59.7 Å². The molecule has 0 saturated carbocycles. The Morgan fingerprint density at radius 1 is 0.944 bits per heavy atom. The van der Waals surface area contributed by atoms with E-state index in [1.165, 1.54) is 0 Å². The minimum absolute atomic E-state index is 0.0480. The minimum Gasteiger partial charge on any atom is -0.481 e. The number of nitrogens with zero attached hydrogens (tertiary/aromatic N) is 1. The molecule has 0 aliphatic carbocycles. The summed E-state index contributed by atoms with van der Waals surface area (Å²) in [5, 5.41) is 19.6. The van der Waals surface area contributed by atoms with Crippen molar-refractivity contribution in [1.82, 2.24) is 9.69 Å². The van der Waals surface area contributed by atoms with E-state index < -0.39 is 29.9 Å². The Morgan fingerprint density at radius 3 is 2.08 bits per heavy atom. The van der Waals surface area contributed by atoms with E-state index in [0.717, 1.165) is 17.1 Å². The fraction of sp³-hybridized carbons (Fsp3) is 0.208. The fourth-order valence-corrected chi connectivity index (χ4v) is 3.92. The summed E-state index contributed by atoms with van der Waals surface area (Å²) >= 11 is 0.893. The molecule has 1 aromatic heterocycles. The van der Waals surface area contributed by atoms with Crippen molar-refractivity contribution in [3.63, 3.8) is 0 Å². The SMILES string of the molecule is Cc1ccc(NC(=O)Nc2ccc(-c3nsc(NC(=O)NCCC(C)C(=O)O)c3C(N)=O)cc2)cc1. The molecule has 0 saturated heterocycles. The molecular weight excluding hydrogens is 484 g/mol. The molecular formula is C24H26N6O5S. The maximum atomic E-state index is 12.2. The molecule has 0 aliphatic heterocycles. The number of carbonyl (C=O) groups is 4. The number of nitrogens with one attached hydrogen (secondary N) is 4. The first-order valence-corrected chi connectivity index (χ1v) is 11.7. The van der Waals surface area contributed by atoms with Gasteiger partial charge in [-0.15, -0.1) is 0 Å². The van der Waals surface area contributed by atoms with E-state index in [4.69, 9.17) is 10.8 Å². The van der Waals surface area contributed by atoms with E-state index in [1.807, 2.05) is 19.1 Å². The monoisotopic (exact) mass is 510 g/mol. The smallest absolute Gasteiger partial charge is 0.323 e. The van der Waals surface area contributed by atoms with Gasteiger partial charge in [0.2, 0.25) is 0 Å². The van der Waals surface area contributed by atoms with E-state index in [9.17, 15) is 19.2 Å². The number of carboxylic acid groups (broad SMARTS) is 1. The quantitative estimate of drug-likeness (QED) is 0.253. The molecule has 1 unspecified atom stereocenters. The lowest BCUT2D eigenvalue weighted by molar-refractivity contribution is -0.141. The number of nitrogens with two attached hydrogens (primary N) is 1. The second-order valence-electron chi connectivity index (χ2n) is 8.03. The molecule has 3 aromatic rings. The van der Waals surface area contributed by atoms with Crippen molar-refractivity contribution >= 4 is 51.8 Å². The van der Waals surface area contributed by atoms with Gasteiger partial charge >= 0.3 is 18.0 Å². The molecule has 36 heavy (non-hydrogen) atoms. The molecule has 2 aromatic carbocycles. The van der Waals surface area contributed by atoms with Gasteiger partial charge in [-0.2, -0.15) is 4.37 Å². The van der Waals surface area contributed by atoms with Gasteiger partial charge in [-0.05, 0) is 49.1 Å². The van der Waals surface area contributed by atoms with Crippen LogP contribution in [0.2, 0.25) is 0 Å². The summed E-state index contributed by atoms with van der Waals surface area (Å²) in [5.41, 5.74) is 8.71. The normalized spacial score (nSPS) is 11.3. The Kier molecular flexibility index (Phi) is 8.57. The summed E-state index contributed by atoms with van der Waals surface area (Å²) in [6, 6.07) is 13.0. The highest BCUT2D eigenvalue weighted by atomic mass is 32.1. The summed E-state index contributed by atoms with van der Waals surface area (Å²) in [6.07, 6.45) is 0.253. The van der Waals surface area contributed by atoms with Crippen LogP contribution in [0.3, 0.4) is 0 Å². The Morgan fingerprint density at radius 2 is 1.53 bits per heavy atom. The Labute approximate surface area is 211 Å². The van der Waals surface area contributed by atoms with Gasteiger partial charge < -0.3 is 26.8 Å². The van der Waals surface area contributed by atoms with Crippen molar-refractivity contribution < 1.29 is 24.3 Å². The van der Waals surface area contributed by atoms with Crippen LogP contribution in [-0.2, 0) is 4.79 Å². The molecule has 0 aliphatic rings. The first-order valence-electron chi connectivity index (χ1n) is 11.0. The third-order valence-corrected chi connectivity index (χ3v) is 5.94. The largest absolute Gasteiger partial charge is 0.481 e. The van der Waals surface area contributed by atoms with E-state index in [0.29, 0.717) is 16.9 Å². The molecule has 11 nitrogen and oxygen atoms in total. The highest BCUT2D eigenvalue weighted by molar-refractivity contribution is 7.11. The summed E-state index contributed by atoms with van der Waals surface area (Å²) in [6.45, 7) is 3.64. The number of benzene rings is 2. The van der Waals surface area contributed by atoms with Crippen molar-refractivity contribution in [2.75, 3.05) is 22.5 Å². The molecule has 1 atom stereocenters. The molecule has 0 fully saturated rings. The van der Waals surface area contributed by atoms with Crippen LogP contribution in [-0.4, -0.2) is 40.0 Å². The van der Waals surface area contributed by atoms with E-state index in [2.05, 4.69) is 25.6 Å². The maximum Gasteiger partial charge on any atom is 0.323 e. The Balaban J connectivity index is 1.64. The number of aromatic nitrogens is 1. The number of aryl methyl sites for hydroxylation is 1. The van der Waals surface area contributed by atoms with Crippen LogP contribution in [0, 0.1) is 12.8 Å². The van der Waals surface area contributed by atoms with E-state index in [-0.39, 0.29) is 29.2 Å². The van der Waals surface area contributed by atoms with Gasteiger partial charge in [0.25, 0.3) is 5.91 Å². The average Bonchev–Trinajstić information content (AvgIpc) is 3.24. The molecule has 188 valence electrons. The van der Waals surface area contributed by atoms with Crippen LogP contribution in [0.15, 0.2) is 48.5 Å². The van der Waals surface area contributed by atoms with Crippen molar-refractivity contribution in [2.45, 2.75) is 20.3 Å². The molecule has 0 radical (unpaired) electrons. The zero-order valence-corrected chi connectivity index (χ0v) is 20.4. The third-order valence-electron chi connectivity index (χ3n) is 5.18. The zero-order valence-electron chi connectivity index (χ0n) is 19.6. The van der Waals surface area contributed by atoms with Crippen molar-refractivity contribution in [2.24, 2.45) is 11.7 Å². The number of carbonyl (C=O) groups excluding carboxylic acids is 3. The highest BCUT2D eigenvalue weighted by Gasteiger charge is 2.22. The Bertz CT molecular complexity index is 1260. The van der Waals surface area contributed by atoms with Crippen LogP contribution in [0.1, 0.15) is 29.3 Å². The summed E-state index contributed by atoms with van der Waals surface area (Å²) in [4.78, 5) is 47.4. The first-order chi connectivity index (χ1) is 17.1. The van der Waals surface area contributed by atoms with Crippen LogP contribution >= 0.6 is 11.5 Å². The summed E-state index contributed by atoms with van der Waals surface area (Å²) < 4.78 is 4.27. The lowest BCUT2D eigenvalue weighted by Crippen LogP contribution is -2.31. The van der Waals surface area contributed by atoms with Gasteiger partial charge in [-0.3, -0.25) is 14.9 Å². The maximum absolute atomic E-state index is 12.2. The lowest BCUT2D eigenvalue weighted by Gasteiger charge is -2.10. The summed E-state index contributed by atoms with van der Waals surface area (Å²) in [5.74, 6) is -2.32. The number of rotatable bonds is 9. The molecule has 1 heterocycles. The van der Waals surface area contributed by atoms with Gasteiger partial charge in [0, 0.05) is 23.5 Å². The minimum atomic E-state index is -0.951. The number of primary amides is 1. The van der Waals surface area contributed by atoms with Crippen LogP contribution < -0.4 is 27.0 Å². The van der Waals surface area contributed by atoms with Gasteiger partial charge in [0.1, 0.15) is 10.6 Å². The fourth-order valence-electron chi connectivity index (χ4n) is 3.12. The summed E-state index contributed by atoms with van der Waals surface area (Å²) in [7, 11) is 0. The first kappa shape index (κ1) is 26.2. The molecule has 12 heteroatoms.